The molecular weight excluding hydrogens is 304 g/mol. The molecule has 7 heteroatoms. The van der Waals surface area contributed by atoms with Gasteiger partial charge < -0.3 is 10.6 Å². The number of anilines is 1. The van der Waals surface area contributed by atoms with E-state index < -0.39 is 0 Å². The molecule has 122 valence electrons. The standard InChI is InChI=1S/C17H18N6O/c1-11-3-5-14(6-4-11)20-17(24)19-12(2)15-21-16(23-22-15)13-7-9-18-10-8-13/h3-10,12H,1-2H3,(H2,19,20,24)(H,21,22,23)/t12-/m0/s1. The number of carbonyl (C=O) groups is 1. The second kappa shape index (κ2) is 6.91. The first-order chi connectivity index (χ1) is 11.6. The van der Waals surface area contributed by atoms with Crippen LogP contribution in [0.25, 0.3) is 11.4 Å². The third kappa shape index (κ3) is 3.75. The Morgan fingerprint density at radius 1 is 1.12 bits per heavy atom. The van der Waals surface area contributed by atoms with E-state index in [-0.39, 0.29) is 12.1 Å². The predicted molar refractivity (Wildman–Crippen MR) is 91.4 cm³/mol. The number of benzene rings is 1. The summed E-state index contributed by atoms with van der Waals surface area (Å²) in [4.78, 5) is 20.4. The summed E-state index contributed by atoms with van der Waals surface area (Å²) < 4.78 is 0. The van der Waals surface area contributed by atoms with Crippen LogP contribution in [0.4, 0.5) is 10.5 Å². The lowest BCUT2D eigenvalue weighted by Crippen LogP contribution is -2.31. The summed E-state index contributed by atoms with van der Waals surface area (Å²) in [5.41, 5.74) is 2.74. The zero-order chi connectivity index (χ0) is 16.9. The zero-order valence-corrected chi connectivity index (χ0v) is 13.4. The number of hydrogen-bond acceptors (Lipinski definition) is 4. The highest BCUT2D eigenvalue weighted by atomic mass is 16.2. The fraction of sp³-hybridized carbons (Fsp3) is 0.176. The topological polar surface area (TPSA) is 95.6 Å². The molecule has 0 radical (unpaired) electrons. The third-order valence-electron chi connectivity index (χ3n) is 3.51. The number of aromatic nitrogens is 4. The van der Waals surface area contributed by atoms with E-state index in [1.54, 1.807) is 12.4 Å². The van der Waals surface area contributed by atoms with Crippen LogP contribution in [0.3, 0.4) is 0 Å². The van der Waals surface area contributed by atoms with Crippen molar-refractivity contribution in [2.75, 3.05) is 5.32 Å². The van der Waals surface area contributed by atoms with Crippen LogP contribution in [0.2, 0.25) is 0 Å². The highest BCUT2D eigenvalue weighted by molar-refractivity contribution is 5.89. The summed E-state index contributed by atoms with van der Waals surface area (Å²) in [7, 11) is 0. The fourth-order valence-electron chi connectivity index (χ4n) is 2.17. The van der Waals surface area contributed by atoms with Gasteiger partial charge in [0.25, 0.3) is 0 Å². The molecule has 0 aliphatic carbocycles. The molecule has 7 nitrogen and oxygen atoms in total. The Kier molecular flexibility index (Phi) is 4.51. The van der Waals surface area contributed by atoms with Gasteiger partial charge in [0.05, 0.1) is 6.04 Å². The lowest BCUT2D eigenvalue weighted by molar-refractivity contribution is 0.249. The van der Waals surface area contributed by atoms with Gasteiger partial charge in [-0.3, -0.25) is 10.1 Å². The van der Waals surface area contributed by atoms with E-state index in [1.165, 1.54) is 0 Å². The van der Waals surface area contributed by atoms with Crippen LogP contribution in [0.5, 0.6) is 0 Å². The molecule has 0 spiro atoms. The number of H-pyrrole nitrogens is 1. The number of nitrogens with one attached hydrogen (secondary N) is 3. The molecule has 1 aromatic carbocycles. The zero-order valence-electron chi connectivity index (χ0n) is 13.4. The number of nitrogens with zero attached hydrogens (tertiary/aromatic N) is 3. The molecule has 0 saturated carbocycles. The minimum absolute atomic E-state index is 0.298. The van der Waals surface area contributed by atoms with Gasteiger partial charge in [0, 0.05) is 23.6 Å². The van der Waals surface area contributed by atoms with Crippen LogP contribution in [-0.2, 0) is 0 Å². The van der Waals surface area contributed by atoms with Crippen molar-refractivity contribution in [2.24, 2.45) is 0 Å². The number of pyridine rings is 1. The monoisotopic (exact) mass is 322 g/mol. The molecule has 24 heavy (non-hydrogen) atoms. The Balaban J connectivity index is 1.62. The van der Waals surface area contributed by atoms with E-state index in [1.807, 2.05) is 50.2 Å². The molecule has 3 N–H and O–H groups in total. The molecular formula is C17H18N6O. The third-order valence-corrected chi connectivity index (χ3v) is 3.51. The Morgan fingerprint density at radius 3 is 2.54 bits per heavy atom. The molecule has 3 aromatic rings. The van der Waals surface area contributed by atoms with Gasteiger partial charge in [-0.25, -0.2) is 9.78 Å². The number of aromatic amines is 1. The lowest BCUT2D eigenvalue weighted by Gasteiger charge is -2.12. The summed E-state index contributed by atoms with van der Waals surface area (Å²) in [5, 5.41) is 12.6. The molecule has 2 heterocycles. The van der Waals surface area contributed by atoms with E-state index in [0.29, 0.717) is 11.6 Å². The minimum atomic E-state index is -0.307. The Bertz CT molecular complexity index is 813. The number of urea groups is 1. The molecule has 0 fully saturated rings. The minimum Gasteiger partial charge on any atom is -0.328 e. The van der Waals surface area contributed by atoms with Gasteiger partial charge in [0.15, 0.2) is 5.82 Å². The van der Waals surface area contributed by atoms with Crippen LogP contribution >= 0.6 is 0 Å². The van der Waals surface area contributed by atoms with Crippen LogP contribution in [0.15, 0.2) is 48.8 Å². The second-order valence-electron chi connectivity index (χ2n) is 5.47. The predicted octanol–water partition coefficient (Wildman–Crippen LogP) is 3.06. The van der Waals surface area contributed by atoms with E-state index in [0.717, 1.165) is 16.8 Å². The summed E-state index contributed by atoms with van der Waals surface area (Å²) >= 11 is 0. The Labute approximate surface area is 139 Å². The average molecular weight is 322 g/mol. The maximum atomic E-state index is 12.1. The summed E-state index contributed by atoms with van der Waals surface area (Å²) in [5.74, 6) is 1.15. The van der Waals surface area contributed by atoms with E-state index in [4.69, 9.17) is 0 Å². The van der Waals surface area contributed by atoms with Gasteiger partial charge in [0.2, 0.25) is 0 Å². The molecule has 1 atom stereocenters. The van der Waals surface area contributed by atoms with Gasteiger partial charge in [-0.05, 0) is 38.1 Å². The van der Waals surface area contributed by atoms with Gasteiger partial charge in [-0.15, -0.1) is 0 Å². The largest absolute Gasteiger partial charge is 0.328 e. The Hall–Kier alpha value is -3.22. The first-order valence-electron chi connectivity index (χ1n) is 7.59. The number of aryl methyl sites for hydroxylation is 1. The van der Waals surface area contributed by atoms with Crippen molar-refractivity contribution in [3.63, 3.8) is 0 Å². The molecule has 0 saturated heterocycles. The summed E-state index contributed by atoms with van der Waals surface area (Å²) in [6, 6.07) is 10.6. The molecule has 0 unspecified atom stereocenters. The first kappa shape index (κ1) is 15.7. The van der Waals surface area contributed by atoms with E-state index in [2.05, 4.69) is 30.8 Å². The van der Waals surface area contributed by atoms with Gasteiger partial charge >= 0.3 is 6.03 Å². The smallest absolute Gasteiger partial charge is 0.319 e. The average Bonchev–Trinajstić information content (AvgIpc) is 3.08. The van der Waals surface area contributed by atoms with Crippen molar-refractivity contribution >= 4 is 11.7 Å². The van der Waals surface area contributed by atoms with Gasteiger partial charge in [-0.1, -0.05) is 17.7 Å². The van der Waals surface area contributed by atoms with Gasteiger partial charge in [-0.2, -0.15) is 5.10 Å². The molecule has 2 amide bonds. The molecule has 0 aliphatic heterocycles. The van der Waals surface area contributed by atoms with Crippen LogP contribution < -0.4 is 10.6 Å². The normalized spacial score (nSPS) is 11.8. The van der Waals surface area contributed by atoms with Gasteiger partial charge in [0.1, 0.15) is 5.82 Å². The maximum absolute atomic E-state index is 12.1. The number of hydrogen-bond donors (Lipinski definition) is 3. The van der Waals surface area contributed by atoms with Crippen LogP contribution in [0, 0.1) is 6.92 Å². The van der Waals surface area contributed by atoms with E-state index in [9.17, 15) is 4.79 Å². The van der Waals surface area contributed by atoms with Crippen molar-refractivity contribution < 1.29 is 4.79 Å². The van der Waals surface area contributed by atoms with Crippen molar-refractivity contribution in [3.8, 4) is 11.4 Å². The fourth-order valence-corrected chi connectivity index (χ4v) is 2.17. The highest BCUT2D eigenvalue weighted by Gasteiger charge is 2.14. The molecule has 0 aliphatic rings. The van der Waals surface area contributed by atoms with E-state index >= 15 is 0 Å². The number of rotatable bonds is 4. The second-order valence-corrected chi connectivity index (χ2v) is 5.47. The van der Waals surface area contributed by atoms with Crippen molar-refractivity contribution in [1.82, 2.24) is 25.5 Å². The quantitative estimate of drug-likeness (QED) is 0.688. The van der Waals surface area contributed by atoms with Crippen molar-refractivity contribution in [1.29, 1.82) is 0 Å². The molecule has 3 rings (SSSR count). The molecule has 2 aromatic heterocycles. The Morgan fingerprint density at radius 2 is 1.83 bits per heavy atom. The summed E-state index contributed by atoms with van der Waals surface area (Å²) in [6.45, 7) is 3.84. The first-order valence-corrected chi connectivity index (χ1v) is 7.59. The van der Waals surface area contributed by atoms with Crippen LogP contribution in [-0.4, -0.2) is 26.2 Å². The number of amides is 2. The molecule has 0 bridgehead atoms. The summed E-state index contributed by atoms with van der Waals surface area (Å²) in [6.07, 6.45) is 3.37. The maximum Gasteiger partial charge on any atom is 0.319 e. The number of carbonyl (C=O) groups excluding carboxylic acids is 1. The van der Waals surface area contributed by atoms with Crippen molar-refractivity contribution in [2.45, 2.75) is 19.9 Å². The highest BCUT2D eigenvalue weighted by Crippen LogP contribution is 2.16. The lowest BCUT2D eigenvalue weighted by atomic mass is 10.2. The van der Waals surface area contributed by atoms with Crippen LogP contribution in [0.1, 0.15) is 24.4 Å². The SMILES string of the molecule is Cc1ccc(NC(=O)N[C@@H](C)c2nc(-c3ccncc3)n[nH]2)cc1. The van der Waals surface area contributed by atoms with Crippen molar-refractivity contribution in [3.05, 3.63) is 60.2 Å².